The van der Waals surface area contributed by atoms with E-state index in [9.17, 15) is 5.11 Å². The van der Waals surface area contributed by atoms with Crippen LogP contribution in [0.4, 0.5) is 0 Å². The molecule has 2 fully saturated rings. The first-order chi connectivity index (χ1) is 41.3. The van der Waals surface area contributed by atoms with E-state index in [0.717, 1.165) is 59.6 Å². The minimum Gasteiger partial charge on any atom is -0.493 e. The lowest BCUT2D eigenvalue weighted by Crippen LogP contribution is -2.30. The molecule has 13 rings (SSSR count). The summed E-state index contributed by atoms with van der Waals surface area (Å²) in [6.45, 7) is 11.1. The SMILES string of the molecule is COc1cc2c(cc1OC)C(c1ccc(OCC(O)COC(C)(C)c3ccc4c(c3)C4C3(c4ccc(OCC5CO5)cc4)CC(c4ccccc4)c4cc(OC)c(OC)cc43)cc1)(c1ccc(C(C)(C)OCC3CO3)cc1)CC2c1ccccc1. The third-order valence-corrected chi connectivity index (χ3v) is 18.8. The van der Waals surface area contributed by atoms with Gasteiger partial charge in [-0.1, -0.05) is 127 Å². The Balaban J connectivity index is 0.746. The largest absolute Gasteiger partial charge is 0.493 e. The average molecular weight is 1140 g/mol. The molecule has 8 aromatic carbocycles. The van der Waals surface area contributed by atoms with Crippen molar-refractivity contribution in [2.24, 2.45) is 0 Å². The quantitative estimate of drug-likeness (QED) is 0.0583. The molecule has 1 N–H and O–H groups in total. The minimum absolute atomic E-state index is 0.0475. The molecule has 8 unspecified atom stereocenters. The zero-order valence-corrected chi connectivity index (χ0v) is 49.9. The van der Waals surface area contributed by atoms with Gasteiger partial charge in [-0.3, -0.25) is 0 Å². The molecule has 0 radical (unpaired) electrons. The van der Waals surface area contributed by atoms with Crippen molar-refractivity contribution in [3.05, 3.63) is 248 Å². The number of aliphatic hydroxyl groups is 1. The van der Waals surface area contributed by atoms with Gasteiger partial charge >= 0.3 is 0 Å². The molecule has 3 aliphatic carbocycles. The number of aliphatic hydroxyl groups excluding tert-OH is 1. The van der Waals surface area contributed by atoms with Gasteiger partial charge in [0.2, 0.25) is 0 Å². The molecule has 2 heterocycles. The fourth-order valence-electron chi connectivity index (χ4n) is 13.9. The molecule has 0 aromatic heterocycles. The van der Waals surface area contributed by atoms with E-state index in [1.807, 2.05) is 12.1 Å². The lowest BCUT2D eigenvalue weighted by molar-refractivity contribution is -0.0717. The average Bonchev–Trinajstić information content (AvgIpc) is 1.55. The van der Waals surface area contributed by atoms with Gasteiger partial charge in [0, 0.05) is 28.6 Å². The predicted molar refractivity (Wildman–Crippen MR) is 328 cm³/mol. The lowest BCUT2D eigenvalue weighted by atomic mass is 9.69. The molecule has 5 aliphatic rings. The highest BCUT2D eigenvalue weighted by molar-refractivity contribution is 5.70. The van der Waals surface area contributed by atoms with Crippen LogP contribution in [-0.4, -0.2) is 91.5 Å². The maximum Gasteiger partial charge on any atom is 0.161 e. The molecule has 8 aromatic rings. The van der Waals surface area contributed by atoms with Gasteiger partial charge in [-0.2, -0.15) is 0 Å². The summed E-state index contributed by atoms with van der Waals surface area (Å²) in [6, 6.07) is 63.0. The number of benzene rings is 8. The van der Waals surface area contributed by atoms with E-state index in [1.165, 1.54) is 44.5 Å². The highest BCUT2D eigenvalue weighted by Crippen LogP contribution is 2.68. The maximum atomic E-state index is 11.6. The van der Waals surface area contributed by atoms with Crippen LogP contribution < -0.4 is 28.4 Å². The molecule has 85 heavy (non-hydrogen) atoms. The van der Waals surface area contributed by atoms with E-state index in [4.69, 9.17) is 47.4 Å². The lowest BCUT2D eigenvalue weighted by Gasteiger charge is -2.34. The van der Waals surface area contributed by atoms with Crippen LogP contribution in [0.2, 0.25) is 0 Å². The molecule has 11 heteroatoms. The molecule has 0 amide bonds. The Morgan fingerprint density at radius 2 is 0.953 bits per heavy atom. The maximum absolute atomic E-state index is 11.6. The third-order valence-electron chi connectivity index (χ3n) is 18.8. The van der Waals surface area contributed by atoms with Gasteiger partial charge in [-0.05, 0) is 161 Å². The topological polar surface area (TPSA) is 119 Å². The fourth-order valence-corrected chi connectivity index (χ4v) is 13.9. The van der Waals surface area contributed by atoms with Gasteiger partial charge in [0.05, 0.1) is 66.1 Å². The van der Waals surface area contributed by atoms with Gasteiger partial charge in [0.15, 0.2) is 23.0 Å². The Morgan fingerprint density at radius 1 is 0.471 bits per heavy atom. The summed E-state index contributed by atoms with van der Waals surface area (Å²) in [5.74, 6) is 4.52. The van der Waals surface area contributed by atoms with Crippen LogP contribution in [0.25, 0.3) is 0 Å². The molecular weight excluding hydrogens is 1060 g/mol. The fraction of sp³-hybridized carbons (Fsp3) is 0.351. The molecule has 0 spiro atoms. The smallest absolute Gasteiger partial charge is 0.161 e. The first-order valence-corrected chi connectivity index (χ1v) is 29.8. The standard InChI is InChI=1S/C74H76O11/c1-71(2,85-45-57-44-83-57)48-19-21-49(22-20-48)73(38-62(46-15-11-9-12-16-46)59-34-66(76-5)68(78-7)36-64(59)73)50-23-28-54(29-24-50)80-40-53(75)41-84-72(3,4)52-27-32-58-61(33-52)70(58)74(51-25-30-55(31-26-51)81-42-56-43-82-56)39-63(47-17-13-10-14-18-47)60-35-67(77-6)69(79-8)37-65(60)74/h9-37,53,56-57,62-63,70,75H,38-45H2,1-8H3. The Hall–Kier alpha value is -7.64. The second-order valence-corrected chi connectivity index (χ2v) is 24.5. The van der Waals surface area contributed by atoms with Crippen molar-refractivity contribution < 1.29 is 52.5 Å². The van der Waals surface area contributed by atoms with Gasteiger partial charge in [0.1, 0.15) is 43.0 Å². The summed E-state index contributed by atoms with van der Waals surface area (Å²) in [5, 5.41) is 11.6. The number of methoxy groups -OCH3 is 4. The summed E-state index contributed by atoms with van der Waals surface area (Å²) >= 11 is 0. The van der Waals surface area contributed by atoms with E-state index >= 15 is 0 Å². The number of epoxide rings is 2. The number of ether oxygens (including phenoxy) is 10. The van der Waals surface area contributed by atoms with Crippen LogP contribution >= 0.6 is 0 Å². The van der Waals surface area contributed by atoms with E-state index in [-0.39, 0.29) is 43.2 Å². The molecule has 11 nitrogen and oxygen atoms in total. The monoisotopic (exact) mass is 1140 g/mol. The summed E-state index contributed by atoms with van der Waals surface area (Å²) in [7, 11) is 6.80. The van der Waals surface area contributed by atoms with Crippen LogP contribution in [0.5, 0.6) is 34.5 Å². The minimum atomic E-state index is -0.898. The summed E-state index contributed by atoms with van der Waals surface area (Å²) in [6.07, 6.45) is 1.05. The third kappa shape index (κ3) is 10.6. The van der Waals surface area contributed by atoms with Crippen LogP contribution in [0.3, 0.4) is 0 Å². The van der Waals surface area contributed by atoms with Crippen molar-refractivity contribution in [2.75, 3.05) is 68.1 Å². The Labute approximate surface area is 499 Å². The highest BCUT2D eigenvalue weighted by Gasteiger charge is 2.58. The number of hydrogen-bond donors (Lipinski definition) is 1. The van der Waals surface area contributed by atoms with Crippen molar-refractivity contribution in [3.63, 3.8) is 0 Å². The second kappa shape index (κ2) is 22.7. The van der Waals surface area contributed by atoms with Crippen molar-refractivity contribution in [3.8, 4) is 34.5 Å². The molecule has 2 aliphatic heterocycles. The zero-order valence-electron chi connectivity index (χ0n) is 49.9. The van der Waals surface area contributed by atoms with E-state index in [0.29, 0.717) is 42.0 Å². The van der Waals surface area contributed by atoms with E-state index in [1.54, 1.807) is 28.4 Å². The van der Waals surface area contributed by atoms with Gasteiger partial charge in [-0.15, -0.1) is 0 Å². The van der Waals surface area contributed by atoms with E-state index in [2.05, 4.69) is 191 Å². The van der Waals surface area contributed by atoms with Crippen LogP contribution in [0.1, 0.15) is 131 Å². The van der Waals surface area contributed by atoms with E-state index < -0.39 is 28.1 Å². The number of fused-ring (bicyclic) bond motifs is 3. The summed E-state index contributed by atoms with van der Waals surface area (Å²) in [5.41, 5.74) is 13.2. The van der Waals surface area contributed by atoms with Crippen LogP contribution in [0, 0.1) is 0 Å². The molecular formula is C74H76O11. The van der Waals surface area contributed by atoms with Gasteiger partial charge in [0.25, 0.3) is 0 Å². The first kappa shape index (κ1) is 56.5. The normalized spacial score (nSPS) is 22.8. The van der Waals surface area contributed by atoms with Crippen LogP contribution in [-0.2, 0) is 41.0 Å². The highest BCUT2D eigenvalue weighted by atomic mass is 16.6. The Bertz CT molecular complexity index is 3670. The molecule has 8 atom stereocenters. The molecule has 0 saturated carbocycles. The first-order valence-electron chi connectivity index (χ1n) is 29.8. The Morgan fingerprint density at radius 3 is 1.53 bits per heavy atom. The van der Waals surface area contributed by atoms with Gasteiger partial charge < -0.3 is 52.5 Å². The van der Waals surface area contributed by atoms with Crippen molar-refractivity contribution in [1.82, 2.24) is 0 Å². The summed E-state index contributed by atoms with van der Waals surface area (Å²) < 4.78 is 60.4. The summed E-state index contributed by atoms with van der Waals surface area (Å²) in [4.78, 5) is 0. The Kier molecular flexibility index (Phi) is 15.1. The van der Waals surface area contributed by atoms with Crippen LogP contribution in [0.15, 0.2) is 176 Å². The van der Waals surface area contributed by atoms with Crippen molar-refractivity contribution >= 4 is 0 Å². The molecule has 2 saturated heterocycles. The predicted octanol–water partition coefficient (Wildman–Crippen LogP) is 13.7. The molecule has 0 bridgehead atoms. The number of rotatable bonds is 24. The molecule has 438 valence electrons. The second-order valence-electron chi connectivity index (χ2n) is 24.5. The zero-order chi connectivity index (χ0) is 58.7. The van der Waals surface area contributed by atoms with Gasteiger partial charge in [-0.25, -0.2) is 0 Å². The van der Waals surface area contributed by atoms with Crippen molar-refractivity contribution in [2.45, 2.75) is 98.6 Å². The number of hydrogen-bond acceptors (Lipinski definition) is 11. The van der Waals surface area contributed by atoms with Crippen molar-refractivity contribution in [1.29, 1.82) is 0 Å².